The molecule has 1 aromatic carbocycles. The molecule has 1 aromatic rings. The Morgan fingerprint density at radius 1 is 1.00 bits per heavy atom. The summed E-state index contributed by atoms with van der Waals surface area (Å²) in [4.78, 5) is 0. The minimum absolute atomic E-state index is 0.203. The predicted octanol–water partition coefficient (Wildman–Crippen LogP) is 3.87. The standard InChI is InChI=1S/C15H24NOP/c1-15(2,3)18(17,14-10-6-4-7-11-14)16-12-8-5-9-13-16/h4,6-7,10-11H,5,8-9,12-13H2,1-3H3. The van der Waals surface area contributed by atoms with Gasteiger partial charge in [0.05, 0.1) is 0 Å². The van der Waals surface area contributed by atoms with Crippen LogP contribution in [0.25, 0.3) is 0 Å². The van der Waals surface area contributed by atoms with Gasteiger partial charge in [-0.15, -0.1) is 0 Å². The van der Waals surface area contributed by atoms with E-state index in [1.54, 1.807) is 0 Å². The van der Waals surface area contributed by atoms with E-state index in [2.05, 4.69) is 25.4 Å². The lowest BCUT2D eigenvalue weighted by Crippen LogP contribution is -2.38. The molecule has 0 aliphatic carbocycles. The number of hydrogen-bond donors (Lipinski definition) is 0. The lowest BCUT2D eigenvalue weighted by molar-refractivity contribution is 0.338. The van der Waals surface area contributed by atoms with Crippen LogP contribution in [0.2, 0.25) is 0 Å². The van der Waals surface area contributed by atoms with Crippen molar-refractivity contribution in [3.8, 4) is 0 Å². The van der Waals surface area contributed by atoms with E-state index in [4.69, 9.17) is 0 Å². The number of benzene rings is 1. The van der Waals surface area contributed by atoms with Crippen LogP contribution in [0.15, 0.2) is 30.3 Å². The topological polar surface area (TPSA) is 20.3 Å². The summed E-state index contributed by atoms with van der Waals surface area (Å²) in [6, 6.07) is 10.0. The van der Waals surface area contributed by atoms with Crippen molar-refractivity contribution in [2.24, 2.45) is 0 Å². The highest BCUT2D eigenvalue weighted by Crippen LogP contribution is 2.60. The molecule has 0 saturated carbocycles. The Bertz CT molecular complexity index is 430. The minimum atomic E-state index is -2.50. The van der Waals surface area contributed by atoms with Gasteiger partial charge in [-0.3, -0.25) is 0 Å². The first kappa shape index (κ1) is 13.8. The van der Waals surface area contributed by atoms with Crippen LogP contribution in [0.5, 0.6) is 0 Å². The zero-order valence-electron chi connectivity index (χ0n) is 11.7. The Balaban J connectivity index is 2.44. The second-order valence-corrected chi connectivity index (χ2v) is 9.67. The van der Waals surface area contributed by atoms with E-state index in [1.807, 2.05) is 30.3 Å². The molecule has 1 aliphatic rings. The molecule has 3 heteroatoms. The van der Waals surface area contributed by atoms with Crippen LogP contribution in [-0.2, 0) is 4.57 Å². The van der Waals surface area contributed by atoms with Crippen LogP contribution in [0, 0.1) is 0 Å². The second kappa shape index (κ2) is 5.19. The third-order valence-electron chi connectivity index (χ3n) is 3.75. The van der Waals surface area contributed by atoms with Crippen LogP contribution < -0.4 is 5.30 Å². The molecule has 1 atom stereocenters. The molecular weight excluding hydrogens is 241 g/mol. The van der Waals surface area contributed by atoms with Crippen molar-refractivity contribution < 1.29 is 4.57 Å². The highest BCUT2D eigenvalue weighted by Gasteiger charge is 2.43. The predicted molar refractivity (Wildman–Crippen MR) is 78.9 cm³/mol. The zero-order chi connectivity index (χ0) is 13.2. The van der Waals surface area contributed by atoms with E-state index in [9.17, 15) is 4.57 Å². The van der Waals surface area contributed by atoms with Crippen LogP contribution in [0.3, 0.4) is 0 Å². The molecular formula is C15H24NOP. The molecule has 0 amide bonds. The maximum absolute atomic E-state index is 13.7. The Hall–Kier alpha value is -0.590. The molecule has 0 aromatic heterocycles. The molecule has 1 heterocycles. The molecule has 0 spiro atoms. The molecule has 1 saturated heterocycles. The maximum Gasteiger partial charge on any atom is 0.183 e. The van der Waals surface area contributed by atoms with Gasteiger partial charge in [-0.05, 0) is 12.8 Å². The van der Waals surface area contributed by atoms with Gasteiger partial charge in [0.2, 0.25) is 0 Å². The van der Waals surface area contributed by atoms with E-state index in [-0.39, 0.29) is 5.16 Å². The van der Waals surface area contributed by atoms with E-state index in [0.29, 0.717) is 0 Å². The Morgan fingerprint density at radius 2 is 1.56 bits per heavy atom. The molecule has 0 radical (unpaired) electrons. The summed E-state index contributed by atoms with van der Waals surface area (Å²) < 4.78 is 16.0. The van der Waals surface area contributed by atoms with Crippen molar-refractivity contribution in [2.75, 3.05) is 13.1 Å². The fourth-order valence-corrected chi connectivity index (χ4v) is 6.14. The van der Waals surface area contributed by atoms with Gasteiger partial charge in [-0.25, -0.2) is 4.67 Å². The Labute approximate surface area is 111 Å². The van der Waals surface area contributed by atoms with Crippen molar-refractivity contribution in [2.45, 2.75) is 45.2 Å². The molecule has 0 bridgehead atoms. The summed E-state index contributed by atoms with van der Waals surface area (Å²) in [7, 11) is -2.50. The van der Waals surface area contributed by atoms with Gasteiger partial charge in [-0.1, -0.05) is 57.5 Å². The van der Waals surface area contributed by atoms with Crippen molar-refractivity contribution in [3.05, 3.63) is 30.3 Å². The molecule has 18 heavy (non-hydrogen) atoms. The van der Waals surface area contributed by atoms with Crippen LogP contribution in [0.4, 0.5) is 0 Å². The highest BCUT2D eigenvalue weighted by molar-refractivity contribution is 7.70. The molecule has 1 aliphatic heterocycles. The van der Waals surface area contributed by atoms with Crippen LogP contribution >= 0.6 is 7.29 Å². The molecule has 2 rings (SSSR count). The van der Waals surface area contributed by atoms with Gasteiger partial charge in [0.25, 0.3) is 0 Å². The van der Waals surface area contributed by atoms with E-state index < -0.39 is 7.29 Å². The molecule has 0 N–H and O–H groups in total. The second-order valence-electron chi connectivity index (χ2n) is 6.10. The largest absolute Gasteiger partial charge is 0.301 e. The number of hydrogen-bond acceptors (Lipinski definition) is 1. The lowest BCUT2D eigenvalue weighted by Gasteiger charge is -2.42. The molecule has 1 unspecified atom stereocenters. The summed E-state index contributed by atoms with van der Waals surface area (Å²) >= 11 is 0. The van der Waals surface area contributed by atoms with E-state index >= 15 is 0 Å². The van der Waals surface area contributed by atoms with Gasteiger partial charge in [-0.2, -0.15) is 0 Å². The Kier molecular flexibility index (Phi) is 3.99. The van der Waals surface area contributed by atoms with E-state index in [1.165, 1.54) is 19.3 Å². The molecule has 2 nitrogen and oxygen atoms in total. The van der Waals surface area contributed by atoms with Crippen molar-refractivity contribution in [1.29, 1.82) is 0 Å². The zero-order valence-corrected chi connectivity index (χ0v) is 12.6. The van der Waals surface area contributed by atoms with Gasteiger partial charge in [0, 0.05) is 23.6 Å². The number of rotatable bonds is 2. The van der Waals surface area contributed by atoms with Crippen molar-refractivity contribution >= 4 is 12.6 Å². The molecule has 1 fully saturated rings. The lowest BCUT2D eigenvalue weighted by atomic mass is 10.2. The van der Waals surface area contributed by atoms with Gasteiger partial charge >= 0.3 is 0 Å². The van der Waals surface area contributed by atoms with Crippen LogP contribution in [-0.4, -0.2) is 22.9 Å². The van der Waals surface area contributed by atoms with Gasteiger partial charge < -0.3 is 4.57 Å². The van der Waals surface area contributed by atoms with Crippen molar-refractivity contribution in [3.63, 3.8) is 0 Å². The highest BCUT2D eigenvalue weighted by atomic mass is 31.2. The first-order chi connectivity index (χ1) is 8.46. The SMILES string of the molecule is CC(C)(C)P(=O)(c1ccccc1)N1CCCCC1. The maximum atomic E-state index is 13.7. The third-order valence-corrected chi connectivity index (χ3v) is 7.76. The smallest absolute Gasteiger partial charge is 0.183 e. The first-order valence-corrected chi connectivity index (χ1v) is 8.53. The van der Waals surface area contributed by atoms with Gasteiger partial charge in [0.1, 0.15) is 0 Å². The average molecular weight is 265 g/mol. The van der Waals surface area contributed by atoms with Crippen molar-refractivity contribution in [1.82, 2.24) is 4.67 Å². The molecule has 100 valence electrons. The van der Waals surface area contributed by atoms with E-state index in [0.717, 1.165) is 18.4 Å². The summed E-state index contributed by atoms with van der Waals surface area (Å²) in [5.41, 5.74) is 0. The summed E-state index contributed by atoms with van der Waals surface area (Å²) in [5, 5.41) is 0.811. The third kappa shape index (κ3) is 2.41. The number of piperidine rings is 1. The summed E-state index contributed by atoms with van der Waals surface area (Å²) in [5.74, 6) is 0. The van der Waals surface area contributed by atoms with Crippen LogP contribution in [0.1, 0.15) is 40.0 Å². The average Bonchev–Trinajstić information content (AvgIpc) is 2.38. The summed E-state index contributed by atoms with van der Waals surface area (Å²) in [6.07, 6.45) is 3.62. The monoisotopic (exact) mass is 265 g/mol. The Morgan fingerprint density at radius 3 is 2.06 bits per heavy atom. The van der Waals surface area contributed by atoms with Gasteiger partial charge in [0.15, 0.2) is 7.29 Å². The quantitative estimate of drug-likeness (QED) is 0.756. The first-order valence-electron chi connectivity index (χ1n) is 6.87. The summed E-state index contributed by atoms with van der Waals surface area (Å²) in [6.45, 7) is 8.27. The minimum Gasteiger partial charge on any atom is -0.301 e. The number of nitrogens with zero attached hydrogens (tertiary/aromatic N) is 1. The fraction of sp³-hybridized carbons (Fsp3) is 0.600. The fourth-order valence-electron chi connectivity index (χ4n) is 2.76. The normalized spacial score (nSPS) is 21.5.